The molecule has 28 heavy (non-hydrogen) atoms. The molecule has 4 heteroatoms. The highest BCUT2D eigenvalue weighted by Gasteiger charge is 2.11. The van der Waals surface area contributed by atoms with E-state index < -0.39 is 0 Å². The molecule has 0 saturated heterocycles. The van der Waals surface area contributed by atoms with Crippen LogP contribution in [0.25, 0.3) is 0 Å². The molecule has 3 rings (SSSR count). The number of halogens is 1. The Morgan fingerprint density at radius 3 is 2.36 bits per heavy atom. The Morgan fingerprint density at radius 2 is 1.64 bits per heavy atom. The van der Waals surface area contributed by atoms with E-state index in [2.05, 4.69) is 60.8 Å². The molecule has 3 aromatic carbocycles. The molecular weight excluding hydrogens is 370 g/mol. The first-order valence-corrected chi connectivity index (χ1v) is 9.83. The SMILES string of the molecule is COc1cc(CNCCc2ccccc2)c(Cl)cc1OCc1ccc(C)cc1. The van der Waals surface area contributed by atoms with Crippen LogP contribution in [-0.4, -0.2) is 13.7 Å². The van der Waals surface area contributed by atoms with Gasteiger partial charge in [-0.3, -0.25) is 0 Å². The van der Waals surface area contributed by atoms with Crippen LogP contribution >= 0.6 is 11.6 Å². The van der Waals surface area contributed by atoms with Crippen LogP contribution in [0.2, 0.25) is 5.02 Å². The van der Waals surface area contributed by atoms with E-state index in [4.69, 9.17) is 21.1 Å². The van der Waals surface area contributed by atoms with Crippen molar-refractivity contribution >= 4 is 11.6 Å². The summed E-state index contributed by atoms with van der Waals surface area (Å²) in [6, 6.07) is 22.5. The molecule has 0 aliphatic rings. The summed E-state index contributed by atoms with van der Waals surface area (Å²) in [5, 5.41) is 4.12. The first-order chi connectivity index (χ1) is 13.7. The van der Waals surface area contributed by atoms with E-state index in [9.17, 15) is 0 Å². The molecule has 0 aliphatic heterocycles. The average Bonchev–Trinajstić information content (AvgIpc) is 2.72. The van der Waals surface area contributed by atoms with Crippen LogP contribution in [0.3, 0.4) is 0 Å². The second kappa shape index (κ2) is 10.2. The number of ether oxygens (including phenoxy) is 2. The minimum Gasteiger partial charge on any atom is -0.493 e. The van der Waals surface area contributed by atoms with Gasteiger partial charge in [0.15, 0.2) is 11.5 Å². The van der Waals surface area contributed by atoms with Gasteiger partial charge in [-0.2, -0.15) is 0 Å². The Morgan fingerprint density at radius 1 is 0.893 bits per heavy atom. The number of nitrogens with one attached hydrogen (secondary N) is 1. The van der Waals surface area contributed by atoms with Gasteiger partial charge in [0.25, 0.3) is 0 Å². The Hall–Kier alpha value is -2.49. The molecule has 0 aliphatic carbocycles. The van der Waals surface area contributed by atoms with Crippen LogP contribution in [0.5, 0.6) is 11.5 Å². The molecule has 0 spiro atoms. The number of hydrogen-bond acceptors (Lipinski definition) is 3. The third kappa shape index (κ3) is 5.75. The summed E-state index contributed by atoms with van der Waals surface area (Å²) in [5.41, 5.74) is 4.65. The van der Waals surface area contributed by atoms with E-state index in [1.807, 2.05) is 18.2 Å². The van der Waals surface area contributed by atoms with Crippen molar-refractivity contribution in [1.82, 2.24) is 5.32 Å². The lowest BCUT2D eigenvalue weighted by molar-refractivity contribution is 0.284. The zero-order valence-corrected chi connectivity index (χ0v) is 17.1. The first-order valence-electron chi connectivity index (χ1n) is 9.45. The van der Waals surface area contributed by atoms with Crippen molar-refractivity contribution in [3.63, 3.8) is 0 Å². The van der Waals surface area contributed by atoms with Gasteiger partial charge in [-0.25, -0.2) is 0 Å². The lowest BCUT2D eigenvalue weighted by Crippen LogP contribution is -2.17. The van der Waals surface area contributed by atoms with E-state index >= 15 is 0 Å². The van der Waals surface area contributed by atoms with Crippen LogP contribution < -0.4 is 14.8 Å². The number of hydrogen-bond donors (Lipinski definition) is 1. The summed E-state index contributed by atoms with van der Waals surface area (Å²) in [4.78, 5) is 0. The van der Waals surface area contributed by atoms with Gasteiger partial charge < -0.3 is 14.8 Å². The third-order valence-corrected chi connectivity index (χ3v) is 4.95. The highest BCUT2D eigenvalue weighted by atomic mass is 35.5. The molecule has 146 valence electrons. The molecule has 0 radical (unpaired) electrons. The number of benzene rings is 3. The van der Waals surface area contributed by atoms with Crippen molar-refractivity contribution < 1.29 is 9.47 Å². The second-order valence-electron chi connectivity index (χ2n) is 6.78. The van der Waals surface area contributed by atoms with Gasteiger partial charge in [0.05, 0.1) is 7.11 Å². The summed E-state index contributed by atoms with van der Waals surface area (Å²) in [6.45, 7) is 4.11. The molecule has 0 saturated carbocycles. The summed E-state index contributed by atoms with van der Waals surface area (Å²) >= 11 is 6.48. The molecular formula is C24H26ClNO2. The Balaban J connectivity index is 1.58. The van der Waals surface area contributed by atoms with Crippen molar-refractivity contribution in [1.29, 1.82) is 0 Å². The van der Waals surface area contributed by atoms with Crippen LogP contribution in [0.4, 0.5) is 0 Å². The van der Waals surface area contributed by atoms with E-state index in [0.29, 0.717) is 29.7 Å². The molecule has 0 fully saturated rings. The van der Waals surface area contributed by atoms with Gasteiger partial charge in [0, 0.05) is 17.6 Å². The van der Waals surface area contributed by atoms with Gasteiger partial charge in [-0.15, -0.1) is 0 Å². The number of aryl methyl sites for hydroxylation is 1. The quantitative estimate of drug-likeness (QED) is 0.480. The van der Waals surface area contributed by atoms with Crippen LogP contribution in [0.1, 0.15) is 22.3 Å². The summed E-state index contributed by atoms with van der Waals surface area (Å²) in [7, 11) is 1.65. The molecule has 0 aromatic heterocycles. The van der Waals surface area contributed by atoms with Gasteiger partial charge in [0.2, 0.25) is 0 Å². The third-order valence-electron chi connectivity index (χ3n) is 4.60. The molecule has 0 atom stereocenters. The fourth-order valence-corrected chi connectivity index (χ4v) is 3.15. The van der Waals surface area contributed by atoms with Crippen molar-refractivity contribution in [3.05, 3.63) is 94.0 Å². The van der Waals surface area contributed by atoms with E-state index in [1.165, 1.54) is 11.1 Å². The van der Waals surface area contributed by atoms with Gasteiger partial charge >= 0.3 is 0 Å². The van der Waals surface area contributed by atoms with Crippen molar-refractivity contribution in [2.75, 3.05) is 13.7 Å². The number of methoxy groups -OCH3 is 1. The van der Waals surface area contributed by atoms with Crippen molar-refractivity contribution in [2.24, 2.45) is 0 Å². The highest BCUT2D eigenvalue weighted by molar-refractivity contribution is 6.31. The lowest BCUT2D eigenvalue weighted by atomic mass is 10.1. The smallest absolute Gasteiger partial charge is 0.163 e. The molecule has 3 nitrogen and oxygen atoms in total. The fraction of sp³-hybridized carbons (Fsp3) is 0.250. The maximum Gasteiger partial charge on any atom is 0.163 e. The van der Waals surface area contributed by atoms with E-state index in [0.717, 1.165) is 24.1 Å². The largest absolute Gasteiger partial charge is 0.493 e. The standard InChI is InChI=1S/C24H26ClNO2/c1-18-8-10-20(11-9-18)17-28-24-15-22(25)21(14-23(24)27-2)16-26-13-12-19-6-4-3-5-7-19/h3-11,14-15,26H,12-13,16-17H2,1-2H3. The zero-order chi connectivity index (χ0) is 19.8. The zero-order valence-electron chi connectivity index (χ0n) is 16.4. The fourth-order valence-electron chi connectivity index (χ4n) is 2.93. The molecule has 0 amide bonds. The molecule has 0 heterocycles. The van der Waals surface area contributed by atoms with E-state index in [-0.39, 0.29) is 0 Å². The van der Waals surface area contributed by atoms with E-state index in [1.54, 1.807) is 7.11 Å². The van der Waals surface area contributed by atoms with Crippen LogP contribution in [0.15, 0.2) is 66.7 Å². The Bertz CT molecular complexity index is 879. The molecule has 0 unspecified atom stereocenters. The first kappa shape index (κ1) is 20.2. The minimum atomic E-state index is 0.474. The van der Waals surface area contributed by atoms with Gasteiger partial charge in [0.1, 0.15) is 6.61 Å². The highest BCUT2D eigenvalue weighted by Crippen LogP contribution is 2.34. The molecule has 0 bridgehead atoms. The van der Waals surface area contributed by atoms with Crippen LogP contribution in [-0.2, 0) is 19.6 Å². The average molecular weight is 396 g/mol. The maximum atomic E-state index is 6.48. The normalized spacial score (nSPS) is 10.7. The topological polar surface area (TPSA) is 30.5 Å². The molecule has 3 aromatic rings. The Kier molecular flexibility index (Phi) is 7.35. The van der Waals surface area contributed by atoms with Crippen LogP contribution in [0, 0.1) is 6.92 Å². The van der Waals surface area contributed by atoms with Gasteiger partial charge in [-0.05, 0) is 42.6 Å². The summed E-state index contributed by atoms with van der Waals surface area (Å²) < 4.78 is 11.5. The predicted molar refractivity (Wildman–Crippen MR) is 115 cm³/mol. The Labute approximate surface area is 172 Å². The lowest BCUT2D eigenvalue weighted by Gasteiger charge is -2.14. The monoisotopic (exact) mass is 395 g/mol. The summed E-state index contributed by atoms with van der Waals surface area (Å²) in [5.74, 6) is 1.34. The molecule has 1 N–H and O–H groups in total. The number of rotatable bonds is 9. The predicted octanol–water partition coefficient (Wildman–Crippen LogP) is 5.57. The van der Waals surface area contributed by atoms with Gasteiger partial charge in [-0.1, -0.05) is 71.8 Å². The van der Waals surface area contributed by atoms with Crippen molar-refractivity contribution in [2.45, 2.75) is 26.5 Å². The maximum absolute atomic E-state index is 6.48. The van der Waals surface area contributed by atoms with Crippen molar-refractivity contribution in [3.8, 4) is 11.5 Å². The minimum absolute atomic E-state index is 0.474. The second-order valence-corrected chi connectivity index (χ2v) is 7.19. The summed E-state index contributed by atoms with van der Waals surface area (Å²) in [6.07, 6.45) is 0.980.